The minimum absolute atomic E-state index is 0.0325. The molecule has 0 aliphatic carbocycles. The number of aromatic nitrogens is 3. The van der Waals surface area contributed by atoms with Crippen molar-refractivity contribution >= 4 is 17.2 Å². The highest BCUT2D eigenvalue weighted by Gasteiger charge is 2.19. The molecule has 2 rings (SSSR count). The van der Waals surface area contributed by atoms with E-state index >= 15 is 0 Å². The van der Waals surface area contributed by atoms with Gasteiger partial charge in [-0.05, 0) is 17.0 Å². The minimum atomic E-state index is 0.0325. The summed E-state index contributed by atoms with van der Waals surface area (Å²) in [6, 6.07) is 1.99. The molecule has 0 radical (unpaired) electrons. The third-order valence-electron chi connectivity index (χ3n) is 2.20. The molecule has 3 nitrogen and oxygen atoms in total. The van der Waals surface area contributed by atoms with Crippen LogP contribution in [0.2, 0.25) is 5.02 Å². The van der Waals surface area contributed by atoms with Gasteiger partial charge in [0.1, 0.15) is 6.33 Å². The van der Waals surface area contributed by atoms with Crippen molar-refractivity contribution < 1.29 is 0 Å². The second-order valence-electron chi connectivity index (χ2n) is 4.32. The summed E-state index contributed by atoms with van der Waals surface area (Å²) >= 11 is 6.24. The van der Waals surface area contributed by atoms with Crippen molar-refractivity contribution in [2.24, 2.45) is 0 Å². The van der Waals surface area contributed by atoms with Gasteiger partial charge in [0.25, 0.3) is 0 Å². The Balaban J connectivity index is 2.74. The van der Waals surface area contributed by atoms with Gasteiger partial charge in [-0.15, -0.1) is 0 Å². The zero-order valence-corrected chi connectivity index (χ0v) is 9.21. The first kappa shape index (κ1) is 9.46. The summed E-state index contributed by atoms with van der Waals surface area (Å²) in [5, 5.41) is 4.72. The predicted molar refractivity (Wildman–Crippen MR) is 56.7 cm³/mol. The van der Waals surface area contributed by atoms with E-state index < -0.39 is 0 Å². The molecule has 0 N–H and O–H groups in total. The van der Waals surface area contributed by atoms with Crippen molar-refractivity contribution in [1.29, 1.82) is 0 Å². The van der Waals surface area contributed by atoms with Crippen LogP contribution < -0.4 is 0 Å². The maximum atomic E-state index is 6.24. The monoisotopic (exact) mass is 209 g/mol. The Hall–Kier alpha value is -1.09. The van der Waals surface area contributed by atoms with E-state index in [1.165, 1.54) is 6.33 Å². The van der Waals surface area contributed by atoms with Crippen LogP contribution in [-0.2, 0) is 5.41 Å². The van der Waals surface area contributed by atoms with Crippen LogP contribution in [0.3, 0.4) is 0 Å². The number of nitrogens with zero attached hydrogens (tertiary/aromatic N) is 3. The number of fused-ring (bicyclic) bond motifs is 1. The topological polar surface area (TPSA) is 30.2 Å². The molecule has 2 heterocycles. The summed E-state index contributed by atoms with van der Waals surface area (Å²) in [5.74, 6) is 0. The third-order valence-corrected chi connectivity index (χ3v) is 2.57. The Morgan fingerprint density at radius 3 is 2.71 bits per heavy atom. The van der Waals surface area contributed by atoms with Crippen molar-refractivity contribution in [2.45, 2.75) is 26.2 Å². The fourth-order valence-corrected chi connectivity index (χ4v) is 1.92. The molecule has 74 valence electrons. The predicted octanol–water partition coefficient (Wildman–Crippen LogP) is 2.68. The Morgan fingerprint density at radius 2 is 2.07 bits per heavy atom. The van der Waals surface area contributed by atoms with Gasteiger partial charge in [-0.2, -0.15) is 5.10 Å². The quantitative estimate of drug-likeness (QED) is 0.668. The van der Waals surface area contributed by atoms with E-state index in [0.29, 0.717) is 5.02 Å². The van der Waals surface area contributed by atoms with Gasteiger partial charge < -0.3 is 0 Å². The Kier molecular flexibility index (Phi) is 2.00. The number of hydrogen-bond acceptors (Lipinski definition) is 2. The molecule has 0 unspecified atom stereocenters. The summed E-state index contributed by atoms with van der Waals surface area (Å²) in [4.78, 5) is 4.11. The summed E-state index contributed by atoms with van der Waals surface area (Å²) in [5.41, 5.74) is 1.85. The molecule has 0 aromatic carbocycles. The first-order chi connectivity index (χ1) is 6.50. The van der Waals surface area contributed by atoms with Gasteiger partial charge in [0.15, 0.2) is 5.65 Å². The molecule has 2 aromatic heterocycles. The Morgan fingerprint density at radius 1 is 1.36 bits per heavy atom. The number of rotatable bonds is 0. The Labute approximate surface area is 87.7 Å². The average molecular weight is 210 g/mol. The highest BCUT2D eigenvalue weighted by atomic mass is 35.5. The van der Waals surface area contributed by atoms with Gasteiger partial charge in [0.05, 0.1) is 5.02 Å². The highest BCUT2D eigenvalue weighted by molar-refractivity contribution is 6.34. The van der Waals surface area contributed by atoms with E-state index in [0.717, 1.165) is 11.2 Å². The molecule has 0 saturated carbocycles. The fraction of sp³-hybridized carbons (Fsp3) is 0.400. The van der Waals surface area contributed by atoms with E-state index in [1.807, 2.05) is 12.3 Å². The van der Waals surface area contributed by atoms with Crippen LogP contribution >= 0.6 is 11.6 Å². The van der Waals surface area contributed by atoms with E-state index in [-0.39, 0.29) is 5.41 Å². The smallest absolute Gasteiger partial charge is 0.174 e. The van der Waals surface area contributed by atoms with Crippen molar-refractivity contribution in [1.82, 2.24) is 14.6 Å². The number of hydrogen-bond donors (Lipinski definition) is 0. The van der Waals surface area contributed by atoms with Crippen molar-refractivity contribution in [3.8, 4) is 0 Å². The van der Waals surface area contributed by atoms with Gasteiger partial charge in [-0.1, -0.05) is 32.4 Å². The molecule has 0 bridgehead atoms. The van der Waals surface area contributed by atoms with E-state index in [2.05, 4.69) is 30.9 Å². The van der Waals surface area contributed by atoms with Crippen LogP contribution in [0.25, 0.3) is 5.65 Å². The first-order valence-electron chi connectivity index (χ1n) is 4.48. The molecule has 2 aromatic rings. The van der Waals surface area contributed by atoms with Crippen LogP contribution in [0.1, 0.15) is 26.3 Å². The zero-order valence-electron chi connectivity index (χ0n) is 8.45. The minimum Gasteiger partial charge on any atom is -0.220 e. The lowest BCUT2D eigenvalue weighted by Gasteiger charge is -2.20. The summed E-state index contributed by atoms with van der Waals surface area (Å²) in [6.07, 6.45) is 3.39. The van der Waals surface area contributed by atoms with Crippen LogP contribution in [0, 0.1) is 0 Å². The largest absolute Gasteiger partial charge is 0.220 e. The average Bonchev–Trinajstić information content (AvgIpc) is 2.50. The molecule has 0 atom stereocenters. The lowest BCUT2D eigenvalue weighted by Crippen LogP contribution is -2.12. The van der Waals surface area contributed by atoms with Gasteiger partial charge in [-0.3, -0.25) is 0 Å². The number of halogens is 1. The second kappa shape index (κ2) is 2.95. The Bertz CT molecular complexity index is 468. The van der Waals surface area contributed by atoms with Crippen molar-refractivity contribution in [2.75, 3.05) is 0 Å². The molecule has 0 aliphatic heterocycles. The first-order valence-corrected chi connectivity index (χ1v) is 4.86. The van der Waals surface area contributed by atoms with Crippen molar-refractivity contribution in [3.63, 3.8) is 0 Å². The van der Waals surface area contributed by atoms with Gasteiger partial charge in [0, 0.05) is 6.20 Å². The lowest BCUT2D eigenvalue weighted by atomic mass is 9.88. The van der Waals surface area contributed by atoms with Crippen LogP contribution in [-0.4, -0.2) is 14.6 Å². The number of pyridine rings is 1. The molecule has 0 fully saturated rings. The summed E-state index contributed by atoms with van der Waals surface area (Å²) in [6.45, 7) is 6.38. The molecule has 4 heteroatoms. The van der Waals surface area contributed by atoms with E-state index in [1.54, 1.807) is 4.52 Å². The van der Waals surface area contributed by atoms with Crippen LogP contribution in [0.5, 0.6) is 0 Å². The SMILES string of the molecule is CC(C)(C)c1ccn2ncnc2c1Cl. The summed E-state index contributed by atoms with van der Waals surface area (Å²) in [7, 11) is 0. The molecule has 0 aliphatic rings. The second-order valence-corrected chi connectivity index (χ2v) is 4.70. The standard InChI is InChI=1S/C10H12ClN3/c1-10(2,3)7-4-5-14-9(8(7)11)12-6-13-14/h4-6H,1-3H3. The molecule has 0 spiro atoms. The fourth-order valence-electron chi connectivity index (χ4n) is 1.43. The zero-order chi connectivity index (χ0) is 10.3. The van der Waals surface area contributed by atoms with Crippen molar-refractivity contribution in [3.05, 3.63) is 29.2 Å². The van der Waals surface area contributed by atoms with Crippen LogP contribution in [0.4, 0.5) is 0 Å². The molecule has 0 amide bonds. The molecule has 0 saturated heterocycles. The molecular weight excluding hydrogens is 198 g/mol. The molecule has 14 heavy (non-hydrogen) atoms. The summed E-state index contributed by atoms with van der Waals surface area (Å²) < 4.78 is 1.68. The van der Waals surface area contributed by atoms with Gasteiger partial charge >= 0.3 is 0 Å². The van der Waals surface area contributed by atoms with Gasteiger partial charge in [-0.25, -0.2) is 9.50 Å². The maximum absolute atomic E-state index is 6.24. The van der Waals surface area contributed by atoms with E-state index in [4.69, 9.17) is 11.6 Å². The van der Waals surface area contributed by atoms with Gasteiger partial charge in [0.2, 0.25) is 0 Å². The molecular formula is C10H12ClN3. The maximum Gasteiger partial charge on any atom is 0.174 e. The van der Waals surface area contributed by atoms with Crippen LogP contribution in [0.15, 0.2) is 18.6 Å². The third kappa shape index (κ3) is 1.38. The normalized spacial score (nSPS) is 12.3. The lowest BCUT2D eigenvalue weighted by molar-refractivity contribution is 0.589. The highest BCUT2D eigenvalue weighted by Crippen LogP contribution is 2.30. The van der Waals surface area contributed by atoms with E-state index in [9.17, 15) is 0 Å².